The number of rotatable bonds is 4. The Balaban J connectivity index is 2.27. The van der Waals surface area contributed by atoms with Crippen LogP contribution in [-0.2, 0) is 0 Å². The fraction of sp³-hybridized carbons (Fsp3) is 0.308. The monoisotopic (exact) mass is 339 g/mol. The summed E-state index contributed by atoms with van der Waals surface area (Å²) >= 11 is 4.51. The first-order valence-electron chi connectivity index (χ1n) is 6.01. The van der Waals surface area contributed by atoms with Gasteiger partial charge in [-0.3, -0.25) is 4.79 Å². The molecule has 19 heavy (non-hydrogen) atoms. The van der Waals surface area contributed by atoms with Crippen molar-refractivity contribution < 1.29 is 4.79 Å². The molecule has 0 aliphatic carbocycles. The maximum atomic E-state index is 12.1. The van der Waals surface area contributed by atoms with Crippen LogP contribution in [-0.4, -0.2) is 21.5 Å². The van der Waals surface area contributed by atoms with E-state index in [0.717, 1.165) is 28.0 Å². The zero-order valence-electron chi connectivity index (χ0n) is 10.7. The van der Waals surface area contributed by atoms with Crippen LogP contribution in [0.25, 0.3) is 11.3 Å². The Bertz CT molecular complexity index is 568. The minimum Gasteiger partial charge on any atom is -0.349 e. The summed E-state index contributed by atoms with van der Waals surface area (Å²) in [5, 5.41) is 7.00. The maximum Gasteiger partial charge on any atom is 0.265 e. The number of halogens is 1. The molecular weight excluding hydrogens is 326 g/mol. The Morgan fingerprint density at radius 3 is 2.74 bits per heavy atom. The van der Waals surface area contributed by atoms with E-state index < -0.39 is 0 Å². The third-order valence-electron chi connectivity index (χ3n) is 2.80. The lowest BCUT2D eigenvalue weighted by Crippen LogP contribution is -2.31. The van der Waals surface area contributed by atoms with E-state index in [2.05, 4.69) is 30.8 Å². The fourth-order valence-electron chi connectivity index (χ4n) is 1.53. The highest BCUT2D eigenvalue weighted by molar-refractivity contribution is 9.10. The van der Waals surface area contributed by atoms with Crippen LogP contribution in [0, 0.1) is 0 Å². The van der Waals surface area contributed by atoms with Crippen molar-refractivity contribution in [2.75, 3.05) is 0 Å². The Morgan fingerprint density at radius 2 is 2.11 bits per heavy atom. The van der Waals surface area contributed by atoms with Gasteiger partial charge in [0.1, 0.15) is 10.6 Å². The number of carbonyl (C=O) groups excluding carboxylic acids is 1. The quantitative estimate of drug-likeness (QED) is 0.927. The van der Waals surface area contributed by atoms with E-state index in [1.165, 1.54) is 0 Å². The summed E-state index contributed by atoms with van der Waals surface area (Å²) in [6.07, 6.45) is 0.894. The molecule has 6 heteroatoms. The number of hydrogen-bond acceptors (Lipinski definition) is 4. The van der Waals surface area contributed by atoms with Gasteiger partial charge in [0.05, 0.1) is 0 Å². The molecule has 0 unspecified atom stereocenters. The first-order chi connectivity index (χ1) is 9.11. The SMILES string of the molecule is CC[C@@H](C)NC(=O)c1snnc1-c1ccc(Br)cc1. The van der Waals surface area contributed by atoms with E-state index in [-0.39, 0.29) is 11.9 Å². The van der Waals surface area contributed by atoms with Gasteiger partial charge < -0.3 is 5.32 Å². The molecular formula is C13H14BrN3OS. The molecule has 0 fully saturated rings. The normalized spacial score (nSPS) is 12.2. The van der Waals surface area contributed by atoms with E-state index >= 15 is 0 Å². The van der Waals surface area contributed by atoms with Gasteiger partial charge in [-0.25, -0.2) is 0 Å². The van der Waals surface area contributed by atoms with Crippen LogP contribution in [0.4, 0.5) is 0 Å². The van der Waals surface area contributed by atoms with Crippen molar-refractivity contribution >= 4 is 33.4 Å². The second-order valence-corrected chi connectivity index (χ2v) is 5.91. The first-order valence-corrected chi connectivity index (χ1v) is 7.57. The molecule has 0 spiro atoms. The van der Waals surface area contributed by atoms with Crippen LogP contribution in [0.5, 0.6) is 0 Å². The van der Waals surface area contributed by atoms with Crippen LogP contribution in [0.3, 0.4) is 0 Å². The summed E-state index contributed by atoms with van der Waals surface area (Å²) in [6, 6.07) is 7.82. The van der Waals surface area contributed by atoms with Crippen molar-refractivity contribution in [3.05, 3.63) is 33.6 Å². The van der Waals surface area contributed by atoms with Crippen LogP contribution < -0.4 is 5.32 Å². The Labute approximate surface area is 124 Å². The molecule has 100 valence electrons. The van der Waals surface area contributed by atoms with Crippen LogP contribution in [0.1, 0.15) is 29.9 Å². The van der Waals surface area contributed by atoms with Crippen molar-refractivity contribution in [1.82, 2.24) is 14.9 Å². The number of nitrogens with zero attached hydrogens (tertiary/aromatic N) is 2. The molecule has 0 saturated carbocycles. The van der Waals surface area contributed by atoms with Crippen LogP contribution in [0.15, 0.2) is 28.7 Å². The van der Waals surface area contributed by atoms with E-state index in [4.69, 9.17) is 0 Å². The van der Waals surface area contributed by atoms with E-state index in [1.54, 1.807) is 0 Å². The molecule has 0 bridgehead atoms. The van der Waals surface area contributed by atoms with E-state index in [0.29, 0.717) is 10.6 Å². The first kappa shape index (κ1) is 14.1. The smallest absolute Gasteiger partial charge is 0.265 e. The van der Waals surface area contributed by atoms with Crippen LogP contribution in [0.2, 0.25) is 0 Å². The second kappa shape index (κ2) is 6.25. The summed E-state index contributed by atoms with van der Waals surface area (Å²) in [5.74, 6) is -0.109. The minimum atomic E-state index is -0.109. The van der Waals surface area contributed by atoms with Gasteiger partial charge >= 0.3 is 0 Å². The predicted octanol–water partition coefficient (Wildman–Crippen LogP) is 3.50. The summed E-state index contributed by atoms with van der Waals surface area (Å²) in [4.78, 5) is 12.7. The summed E-state index contributed by atoms with van der Waals surface area (Å²) in [6.45, 7) is 4.01. The summed E-state index contributed by atoms with van der Waals surface area (Å²) in [7, 11) is 0. The van der Waals surface area contributed by atoms with Gasteiger partial charge in [-0.05, 0) is 37.0 Å². The van der Waals surface area contributed by atoms with Gasteiger partial charge in [0.2, 0.25) is 0 Å². The lowest BCUT2D eigenvalue weighted by molar-refractivity contribution is 0.0944. The van der Waals surface area contributed by atoms with Gasteiger partial charge in [0.25, 0.3) is 5.91 Å². The molecule has 2 rings (SSSR count). The second-order valence-electron chi connectivity index (χ2n) is 4.24. The number of carbonyl (C=O) groups is 1. The summed E-state index contributed by atoms with van der Waals surface area (Å²) in [5.41, 5.74) is 1.53. The number of nitrogens with one attached hydrogen (secondary N) is 1. The largest absolute Gasteiger partial charge is 0.349 e. The molecule has 1 aromatic carbocycles. The van der Waals surface area contributed by atoms with Gasteiger partial charge in [-0.1, -0.05) is 39.5 Å². The van der Waals surface area contributed by atoms with Crippen molar-refractivity contribution in [1.29, 1.82) is 0 Å². The Kier molecular flexibility index (Phi) is 4.66. The zero-order chi connectivity index (χ0) is 13.8. The lowest BCUT2D eigenvalue weighted by atomic mass is 10.1. The molecule has 0 aliphatic heterocycles. The fourth-order valence-corrected chi connectivity index (χ4v) is 2.38. The molecule has 0 saturated heterocycles. The third kappa shape index (κ3) is 3.39. The van der Waals surface area contributed by atoms with Crippen molar-refractivity contribution in [2.45, 2.75) is 26.3 Å². The highest BCUT2D eigenvalue weighted by atomic mass is 79.9. The summed E-state index contributed by atoms with van der Waals surface area (Å²) < 4.78 is 4.89. The molecule has 2 aromatic rings. The van der Waals surface area contributed by atoms with E-state index in [1.807, 2.05) is 38.1 Å². The zero-order valence-corrected chi connectivity index (χ0v) is 13.1. The molecule has 4 nitrogen and oxygen atoms in total. The van der Waals surface area contributed by atoms with Gasteiger partial charge in [-0.2, -0.15) is 0 Å². The van der Waals surface area contributed by atoms with Gasteiger partial charge in [0.15, 0.2) is 0 Å². The topological polar surface area (TPSA) is 54.9 Å². The van der Waals surface area contributed by atoms with Gasteiger partial charge in [0, 0.05) is 16.1 Å². The highest BCUT2D eigenvalue weighted by Gasteiger charge is 2.18. The lowest BCUT2D eigenvalue weighted by Gasteiger charge is -2.10. The molecule has 1 heterocycles. The number of hydrogen-bond donors (Lipinski definition) is 1. The van der Waals surface area contributed by atoms with Crippen molar-refractivity contribution in [3.8, 4) is 11.3 Å². The molecule has 1 atom stereocenters. The van der Waals surface area contributed by atoms with Crippen LogP contribution >= 0.6 is 27.5 Å². The van der Waals surface area contributed by atoms with E-state index in [9.17, 15) is 4.79 Å². The average molecular weight is 340 g/mol. The molecule has 0 radical (unpaired) electrons. The molecule has 1 N–H and O–H groups in total. The Morgan fingerprint density at radius 1 is 1.42 bits per heavy atom. The highest BCUT2D eigenvalue weighted by Crippen LogP contribution is 2.25. The number of benzene rings is 1. The standard InChI is InChI=1S/C13H14BrN3OS/c1-3-8(2)15-13(18)12-11(16-17-19-12)9-4-6-10(14)7-5-9/h4-8H,3H2,1-2H3,(H,15,18)/t8-/m1/s1. The van der Waals surface area contributed by atoms with Gasteiger partial charge in [-0.15, -0.1) is 5.10 Å². The third-order valence-corrected chi connectivity index (χ3v) is 4.06. The minimum absolute atomic E-state index is 0.109. The average Bonchev–Trinajstić information content (AvgIpc) is 2.88. The number of amides is 1. The van der Waals surface area contributed by atoms with Crippen molar-refractivity contribution in [2.24, 2.45) is 0 Å². The predicted molar refractivity (Wildman–Crippen MR) is 80.3 cm³/mol. The van der Waals surface area contributed by atoms with Crippen molar-refractivity contribution in [3.63, 3.8) is 0 Å². The molecule has 1 aromatic heterocycles. The molecule has 0 aliphatic rings. The molecule has 1 amide bonds. The maximum absolute atomic E-state index is 12.1. The number of aromatic nitrogens is 2. The Hall–Kier alpha value is -1.27.